The van der Waals surface area contributed by atoms with Crippen molar-refractivity contribution in [2.24, 2.45) is 0 Å². The molecule has 0 radical (unpaired) electrons. The van der Waals surface area contributed by atoms with Crippen LogP contribution in [-0.2, 0) is 0 Å². The SMILES string of the molecule is N#CC#Cc1cccc(O)c1Cl. The number of phenols is 1. The predicted molar refractivity (Wildman–Crippen MR) is 45.6 cm³/mol. The fourth-order valence-electron chi connectivity index (χ4n) is 0.712. The fraction of sp³-hybridized carbons (Fsp3) is 0. The summed E-state index contributed by atoms with van der Waals surface area (Å²) in [6.45, 7) is 0. The molecule has 12 heavy (non-hydrogen) atoms. The average Bonchev–Trinajstić information content (AvgIpc) is 2.08. The first-order valence-electron chi connectivity index (χ1n) is 3.13. The summed E-state index contributed by atoms with van der Waals surface area (Å²) in [7, 11) is 0. The molecular formula is C9H4ClNO. The van der Waals surface area contributed by atoms with Crippen molar-refractivity contribution >= 4 is 11.6 Å². The van der Waals surface area contributed by atoms with Crippen LogP contribution in [-0.4, -0.2) is 5.11 Å². The van der Waals surface area contributed by atoms with Crippen LogP contribution in [0.15, 0.2) is 18.2 Å². The second-order valence-corrected chi connectivity index (χ2v) is 2.38. The number of nitrogens with zero attached hydrogens (tertiary/aromatic N) is 1. The third-order valence-corrected chi connectivity index (χ3v) is 1.63. The van der Waals surface area contributed by atoms with Crippen LogP contribution in [0.2, 0.25) is 5.02 Å². The molecule has 3 heteroatoms. The van der Waals surface area contributed by atoms with E-state index < -0.39 is 0 Å². The summed E-state index contributed by atoms with van der Waals surface area (Å²) < 4.78 is 0. The Balaban J connectivity index is 3.19. The van der Waals surface area contributed by atoms with Crippen molar-refractivity contribution in [1.29, 1.82) is 5.26 Å². The first-order chi connectivity index (χ1) is 5.75. The molecule has 0 heterocycles. The lowest BCUT2D eigenvalue weighted by Gasteiger charge is -1.96. The average molecular weight is 178 g/mol. The number of hydrogen-bond donors (Lipinski definition) is 1. The molecule has 0 atom stereocenters. The van der Waals surface area contributed by atoms with Crippen LogP contribution in [0, 0.1) is 23.2 Å². The van der Waals surface area contributed by atoms with Crippen LogP contribution in [0.1, 0.15) is 5.56 Å². The highest BCUT2D eigenvalue weighted by molar-refractivity contribution is 6.33. The van der Waals surface area contributed by atoms with Gasteiger partial charge < -0.3 is 5.11 Å². The molecule has 0 aliphatic heterocycles. The number of phenolic OH excluding ortho intramolecular Hbond substituents is 1. The minimum atomic E-state index is -0.0265. The summed E-state index contributed by atoms with van der Waals surface area (Å²) >= 11 is 5.67. The molecule has 0 amide bonds. The van der Waals surface area contributed by atoms with Crippen LogP contribution in [0.5, 0.6) is 5.75 Å². The molecule has 1 aromatic carbocycles. The number of benzene rings is 1. The van der Waals surface area contributed by atoms with Crippen LogP contribution in [0.25, 0.3) is 0 Å². The molecule has 1 rings (SSSR count). The van der Waals surface area contributed by atoms with Crippen molar-refractivity contribution in [3.63, 3.8) is 0 Å². The first kappa shape index (κ1) is 8.46. The zero-order valence-electron chi connectivity index (χ0n) is 6.00. The Labute approximate surface area is 75.0 Å². The van der Waals surface area contributed by atoms with Gasteiger partial charge >= 0.3 is 0 Å². The Bertz CT molecular complexity index is 395. The molecule has 0 aromatic heterocycles. The number of nitriles is 1. The molecular weight excluding hydrogens is 174 g/mol. The Hall–Kier alpha value is -1.64. The number of aromatic hydroxyl groups is 1. The van der Waals surface area contributed by atoms with Crippen molar-refractivity contribution in [3.05, 3.63) is 28.8 Å². The van der Waals surface area contributed by atoms with Gasteiger partial charge in [0.1, 0.15) is 5.75 Å². The molecule has 0 fully saturated rings. The Morgan fingerprint density at radius 3 is 2.83 bits per heavy atom. The van der Waals surface area contributed by atoms with Gasteiger partial charge in [0.15, 0.2) is 6.07 Å². The van der Waals surface area contributed by atoms with E-state index in [0.29, 0.717) is 5.56 Å². The number of hydrogen-bond acceptors (Lipinski definition) is 2. The molecule has 58 valence electrons. The highest BCUT2D eigenvalue weighted by Crippen LogP contribution is 2.25. The largest absolute Gasteiger partial charge is 0.506 e. The minimum Gasteiger partial charge on any atom is -0.506 e. The molecule has 0 aliphatic carbocycles. The normalized spacial score (nSPS) is 8.00. The molecule has 0 bridgehead atoms. The van der Waals surface area contributed by atoms with Gasteiger partial charge in [0.25, 0.3) is 0 Å². The summed E-state index contributed by atoms with van der Waals surface area (Å²) in [6, 6.07) is 6.36. The standard InChI is InChI=1S/C9H4ClNO/c10-9-7(4-2-6-11)3-1-5-8(9)12/h1,3,5,12H. The van der Waals surface area contributed by atoms with E-state index in [1.807, 2.05) is 0 Å². The maximum atomic E-state index is 9.12. The van der Waals surface area contributed by atoms with Gasteiger partial charge in [-0.15, -0.1) is 0 Å². The van der Waals surface area contributed by atoms with Crippen LogP contribution in [0.3, 0.4) is 0 Å². The molecule has 1 aromatic rings. The lowest BCUT2D eigenvalue weighted by atomic mass is 10.2. The monoisotopic (exact) mass is 177 g/mol. The lowest BCUT2D eigenvalue weighted by molar-refractivity contribution is 0.475. The van der Waals surface area contributed by atoms with Gasteiger partial charge in [-0.1, -0.05) is 17.7 Å². The second-order valence-electron chi connectivity index (χ2n) is 2.00. The highest BCUT2D eigenvalue weighted by atomic mass is 35.5. The van der Waals surface area contributed by atoms with Gasteiger partial charge in [0, 0.05) is 11.5 Å². The Kier molecular flexibility index (Phi) is 2.58. The number of rotatable bonds is 0. The summed E-state index contributed by atoms with van der Waals surface area (Å²) in [4.78, 5) is 0. The summed E-state index contributed by atoms with van der Waals surface area (Å²) in [5, 5.41) is 17.5. The minimum absolute atomic E-state index is 0.0265. The van der Waals surface area contributed by atoms with Crippen LogP contribution >= 0.6 is 11.6 Å². The van der Waals surface area contributed by atoms with E-state index in [1.54, 1.807) is 18.2 Å². The van der Waals surface area contributed by atoms with Crippen molar-refractivity contribution in [2.75, 3.05) is 0 Å². The van der Waals surface area contributed by atoms with E-state index in [4.69, 9.17) is 22.0 Å². The van der Waals surface area contributed by atoms with Gasteiger partial charge in [0.2, 0.25) is 0 Å². The van der Waals surface area contributed by atoms with Gasteiger partial charge in [-0.3, -0.25) is 0 Å². The maximum Gasteiger partial charge on any atom is 0.152 e. The molecule has 0 aliphatic rings. The summed E-state index contributed by atoms with van der Waals surface area (Å²) in [5.41, 5.74) is 0.457. The van der Waals surface area contributed by atoms with Crippen molar-refractivity contribution in [3.8, 4) is 23.7 Å². The summed E-state index contributed by atoms with van der Waals surface area (Å²) in [5.74, 6) is 4.67. The van der Waals surface area contributed by atoms with Crippen LogP contribution in [0.4, 0.5) is 0 Å². The van der Waals surface area contributed by atoms with E-state index in [1.165, 1.54) is 6.07 Å². The van der Waals surface area contributed by atoms with Gasteiger partial charge in [-0.05, 0) is 18.1 Å². The molecule has 0 saturated carbocycles. The van der Waals surface area contributed by atoms with E-state index in [2.05, 4.69) is 11.8 Å². The van der Waals surface area contributed by atoms with E-state index in [0.717, 1.165) is 0 Å². The van der Waals surface area contributed by atoms with E-state index in [-0.39, 0.29) is 10.8 Å². The van der Waals surface area contributed by atoms with E-state index >= 15 is 0 Å². The van der Waals surface area contributed by atoms with E-state index in [9.17, 15) is 0 Å². The van der Waals surface area contributed by atoms with Crippen molar-refractivity contribution in [2.45, 2.75) is 0 Å². The fourth-order valence-corrected chi connectivity index (χ4v) is 0.885. The lowest BCUT2D eigenvalue weighted by Crippen LogP contribution is -1.76. The zero-order chi connectivity index (χ0) is 8.97. The van der Waals surface area contributed by atoms with Gasteiger partial charge in [-0.25, -0.2) is 0 Å². The zero-order valence-corrected chi connectivity index (χ0v) is 6.76. The van der Waals surface area contributed by atoms with Crippen molar-refractivity contribution in [1.82, 2.24) is 0 Å². The third kappa shape index (κ3) is 1.69. The molecule has 0 saturated heterocycles. The number of halogens is 1. The summed E-state index contributed by atoms with van der Waals surface area (Å²) in [6.07, 6.45) is 0. The molecule has 2 nitrogen and oxygen atoms in total. The van der Waals surface area contributed by atoms with Crippen molar-refractivity contribution < 1.29 is 5.11 Å². The Morgan fingerprint density at radius 2 is 2.17 bits per heavy atom. The topological polar surface area (TPSA) is 44.0 Å². The maximum absolute atomic E-state index is 9.12. The van der Waals surface area contributed by atoms with Gasteiger partial charge in [0.05, 0.1) is 5.02 Å². The van der Waals surface area contributed by atoms with Crippen LogP contribution < -0.4 is 0 Å². The first-order valence-corrected chi connectivity index (χ1v) is 3.51. The highest BCUT2D eigenvalue weighted by Gasteiger charge is 2.00. The predicted octanol–water partition coefficient (Wildman–Crippen LogP) is 1.92. The second kappa shape index (κ2) is 3.67. The third-order valence-electron chi connectivity index (χ3n) is 1.23. The molecule has 0 spiro atoms. The Morgan fingerprint density at radius 1 is 1.42 bits per heavy atom. The molecule has 1 N–H and O–H groups in total. The smallest absolute Gasteiger partial charge is 0.152 e. The molecule has 0 unspecified atom stereocenters. The quantitative estimate of drug-likeness (QED) is 0.616. The van der Waals surface area contributed by atoms with Gasteiger partial charge in [-0.2, -0.15) is 5.26 Å².